The third-order valence-corrected chi connectivity index (χ3v) is 0.507. The highest BCUT2D eigenvalue weighted by atomic mass is 17.0. The minimum absolute atomic E-state index is 0.111. The smallest absolute Gasteiger partial charge is 0.173 e. The van der Waals surface area contributed by atoms with E-state index in [2.05, 4.69) is 21.5 Å². The van der Waals surface area contributed by atoms with Crippen molar-refractivity contribution in [3.63, 3.8) is 0 Å². The van der Waals surface area contributed by atoms with Gasteiger partial charge in [0.1, 0.15) is 4.91 Å². The molecule has 0 atom stereocenters. The molecule has 0 aromatic carbocycles. The highest BCUT2D eigenvalue weighted by Gasteiger charge is 2.08. The van der Waals surface area contributed by atoms with Gasteiger partial charge in [-0.2, -0.15) is 9.68 Å². The zero-order valence-electron chi connectivity index (χ0n) is 5.24. The van der Waals surface area contributed by atoms with Crippen molar-refractivity contribution in [3.05, 3.63) is 4.91 Å². The monoisotopic (exact) mass is 140 g/mol. The summed E-state index contributed by atoms with van der Waals surface area (Å²) in [6.45, 7) is -0.262. The predicted octanol–water partition coefficient (Wildman–Crippen LogP) is -0.105. The van der Waals surface area contributed by atoms with Gasteiger partial charge in [-0.3, -0.25) is 0 Å². The van der Waals surface area contributed by atoms with Crippen LogP contribution in [0.4, 0.5) is 0 Å². The Morgan fingerprint density at radius 1 is 1.20 bits per heavy atom. The Morgan fingerprint density at radius 3 is 1.90 bits per heavy atom. The molecule has 0 bridgehead atoms. The summed E-state index contributed by atoms with van der Waals surface area (Å²) in [5.41, 5.74) is 0. The van der Waals surface area contributed by atoms with Crippen molar-refractivity contribution >= 4 is 0 Å². The molecular weight excluding hydrogens is 134 g/mol. The zero-order chi connectivity index (χ0) is 7.82. The summed E-state index contributed by atoms with van der Waals surface area (Å²) in [5.74, 6) is 4.16. The van der Waals surface area contributed by atoms with Crippen LogP contribution < -0.4 is 0 Å². The first-order valence-electron chi connectivity index (χ1n) is 2.41. The van der Waals surface area contributed by atoms with Gasteiger partial charge >= 0.3 is 5.09 Å². The molecule has 0 aliphatic rings. The van der Waals surface area contributed by atoms with Crippen molar-refractivity contribution in [1.82, 2.24) is 0 Å². The Bertz CT molecular complexity index is 166. The molecule has 0 amide bonds. The highest BCUT2D eigenvalue weighted by Crippen LogP contribution is 1.78. The van der Waals surface area contributed by atoms with Crippen molar-refractivity contribution in [3.8, 4) is 24.7 Å². The van der Waals surface area contributed by atoms with Crippen molar-refractivity contribution < 1.29 is 14.8 Å². The van der Waals surface area contributed by atoms with Gasteiger partial charge in [0.05, 0.1) is 0 Å². The fourth-order valence-corrected chi connectivity index (χ4v) is 0.217. The molecule has 4 nitrogen and oxygen atoms in total. The molecule has 0 unspecified atom stereocenters. The number of nitrogens with zero attached hydrogens (tertiary/aromatic N) is 1. The molecule has 52 valence electrons. The molecule has 0 aromatic heterocycles. The summed E-state index contributed by atoms with van der Waals surface area (Å²) < 4.78 is 0. The Kier molecular flexibility index (Phi) is 4.54. The normalized spacial score (nSPS) is 7.00. The summed E-state index contributed by atoms with van der Waals surface area (Å²) in [4.78, 5) is 18.7. The molecule has 0 fully saturated rings. The molecule has 10 heavy (non-hydrogen) atoms. The number of rotatable bonds is 4. The van der Waals surface area contributed by atoms with Crippen LogP contribution in [0.15, 0.2) is 0 Å². The van der Waals surface area contributed by atoms with Crippen LogP contribution in [0.5, 0.6) is 0 Å². The van der Waals surface area contributed by atoms with E-state index >= 15 is 0 Å². The van der Waals surface area contributed by atoms with Gasteiger partial charge in [0, 0.05) is 0 Å². The van der Waals surface area contributed by atoms with Gasteiger partial charge in [-0.05, 0) is 0 Å². The molecular formula is C6H6NO3+. The second-order valence-electron chi connectivity index (χ2n) is 1.18. The molecule has 0 heterocycles. The van der Waals surface area contributed by atoms with Crippen LogP contribution in [0.1, 0.15) is 0 Å². The van der Waals surface area contributed by atoms with Gasteiger partial charge < -0.3 is 0 Å². The predicted molar refractivity (Wildman–Crippen MR) is 33.2 cm³/mol. The number of terminal acetylenes is 2. The molecule has 0 aromatic rings. The van der Waals surface area contributed by atoms with Crippen LogP contribution in [0.2, 0.25) is 0 Å². The Morgan fingerprint density at radius 2 is 1.60 bits per heavy atom. The maximum absolute atomic E-state index is 10.2. The van der Waals surface area contributed by atoms with Crippen molar-refractivity contribution in [2.24, 2.45) is 0 Å². The van der Waals surface area contributed by atoms with E-state index in [1.165, 1.54) is 0 Å². The Hall–Kier alpha value is -1.68. The molecule has 0 spiro atoms. The van der Waals surface area contributed by atoms with Crippen LogP contribution in [0.3, 0.4) is 0 Å². The average Bonchev–Trinajstić information content (AvgIpc) is 1.97. The maximum atomic E-state index is 10.2. The summed E-state index contributed by atoms with van der Waals surface area (Å²) in [6, 6.07) is 0. The van der Waals surface area contributed by atoms with Gasteiger partial charge in [-0.15, -0.1) is 12.8 Å². The molecule has 0 saturated heterocycles. The lowest BCUT2D eigenvalue weighted by molar-refractivity contribution is -0.978. The van der Waals surface area contributed by atoms with Crippen LogP contribution in [0, 0.1) is 29.6 Å². The average molecular weight is 140 g/mol. The van der Waals surface area contributed by atoms with Crippen molar-refractivity contribution in [2.45, 2.75) is 0 Å². The first-order chi connectivity index (χ1) is 4.81. The third kappa shape index (κ3) is 4.48. The second-order valence-corrected chi connectivity index (χ2v) is 1.18. The van der Waals surface area contributed by atoms with Crippen LogP contribution in [-0.2, 0) is 9.68 Å². The molecule has 4 heteroatoms. The van der Waals surface area contributed by atoms with Gasteiger partial charge in [-0.25, -0.2) is 0 Å². The minimum Gasteiger partial charge on any atom is -0.173 e. The van der Waals surface area contributed by atoms with E-state index in [0.29, 0.717) is 0 Å². The Balaban J connectivity index is 3.30. The second kappa shape index (κ2) is 5.46. The standard InChI is InChI=1S/C6H6NO3/c1-3-5-9-7(8)10-6-4-2/h1-2H,5-6H2/q+1. The fraction of sp³-hybridized carbons (Fsp3) is 0.333. The molecule has 0 N–H and O–H groups in total. The van der Waals surface area contributed by atoms with Crippen molar-refractivity contribution in [1.29, 1.82) is 0 Å². The maximum Gasteiger partial charge on any atom is 0.479 e. The lowest BCUT2D eigenvalue weighted by atomic mass is 10.8. The summed E-state index contributed by atoms with van der Waals surface area (Å²) in [7, 11) is 0. The summed E-state index contributed by atoms with van der Waals surface area (Å²) in [5, 5.41) is -0.111. The number of hydrogen-bond donors (Lipinski definition) is 0. The largest absolute Gasteiger partial charge is 0.479 e. The zero-order valence-corrected chi connectivity index (χ0v) is 5.24. The fourth-order valence-electron chi connectivity index (χ4n) is 0.217. The highest BCUT2D eigenvalue weighted by molar-refractivity contribution is 4.82. The molecule has 0 radical (unpaired) electrons. The van der Waals surface area contributed by atoms with E-state index in [-0.39, 0.29) is 18.3 Å². The first-order valence-corrected chi connectivity index (χ1v) is 2.41. The third-order valence-electron chi connectivity index (χ3n) is 0.507. The van der Waals surface area contributed by atoms with E-state index < -0.39 is 0 Å². The molecule has 0 saturated carbocycles. The number of hydrogen-bond acceptors (Lipinski definition) is 3. The SMILES string of the molecule is C#CCO[N+](=O)OCC#C. The van der Waals surface area contributed by atoms with E-state index in [1.54, 1.807) is 0 Å². The lowest BCUT2D eigenvalue weighted by Gasteiger charge is -1.84. The van der Waals surface area contributed by atoms with E-state index in [9.17, 15) is 4.91 Å². The van der Waals surface area contributed by atoms with Gasteiger partial charge in [0.2, 0.25) is 13.2 Å². The van der Waals surface area contributed by atoms with Gasteiger partial charge in [-0.1, -0.05) is 11.8 Å². The Labute approximate surface area is 58.6 Å². The van der Waals surface area contributed by atoms with Crippen LogP contribution in [-0.4, -0.2) is 18.3 Å². The van der Waals surface area contributed by atoms with E-state index in [0.717, 1.165) is 0 Å². The summed E-state index contributed by atoms with van der Waals surface area (Å²) >= 11 is 0. The van der Waals surface area contributed by atoms with Crippen molar-refractivity contribution in [2.75, 3.05) is 13.2 Å². The van der Waals surface area contributed by atoms with E-state index in [4.69, 9.17) is 12.8 Å². The topological polar surface area (TPSA) is 38.5 Å². The quantitative estimate of drug-likeness (QED) is 0.404. The summed E-state index contributed by atoms with van der Waals surface area (Å²) in [6.07, 6.45) is 9.54. The first kappa shape index (κ1) is 8.32. The van der Waals surface area contributed by atoms with Crippen LogP contribution in [0.25, 0.3) is 0 Å². The molecule has 0 rings (SSSR count). The molecule has 0 aliphatic carbocycles. The lowest BCUT2D eigenvalue weighted by Crippen LogP contribution is -2.10. The molecule has 0 aliphatic heterocycles. The van der Waals surface area contributed by atoms with Crippen LogP contribution >= 0.6 is 0 Å². The van der Waals surface area contributed by atoms with E-state index in [1.807, 2.05) is 0 Å². The van der Waals surface area contributed by atoms with Gasteiger partial charge in [0.25, 0.3) is 0 Å². The van der Waals surface area contributed by atoms with Gasteiger partial charge in [0.15, 0.2) is 0 Å². The minimum atomic E-state index is -0.131.